The van der Waals surface area contributed by atoms with Gasteiger partial charge in [-0.05, 0) is 61.0 Å². The number of carbonyl (C=O) groups excluding carboxylic acids is 1. The number of nitrogens with zero attached hydrogens (tertiary/aromatic N) is 2. The third kappa shape index (κ3) is 5.40. The van der Waals surface area contributed by atoms with Crippen LogP contribution in [-0.2, 0) is 16.0 Å². The average Bonchev–Trinajstić information content (AvgIpc) is 2.98. The Hall–Kier alpha value is -2.39. The molecule has 30 heavy (non-hydrogen) atoms. The Morgan fingerprint density at radius 1 is 1.13 bits per heavy atom. The van der Waals surface area contributed by atoms with Crippen molar-refractivity contribution in [3.05, 3.63) is 57.2 Å². The van der Waals surface area contributed by atoms with Crippen molar-refractivity contribution in [2.24, 2.45) is 0 Å². The summed E-state index contributed by atoms with van der Waals surface area (Å²) in [6, 6.07) is 10.1. The van der Waals surface area contributed by atoms with Gasteiger partial charge in [-0.15, -0.1) is 0 Å². The number of ether oxygens (including phenoxy) is 1. The summed E-state index contributed by atoms with van der Waals surface area (Å²) in [6.07, 6.45) is 1.07. The molecule has 1 amide bonds. The number of hydrogen-bond donors (Lipinski definition) is 2. The predicted octanol–water partition coefficient (Wildman–Crippen LogP) is 5.05. The molecule has 2 N–H and O–H groups in total. The van der Waals surface area contributed by atoms with Gasteiger partial charge in [0.15, 0.2) is 0 Å². The van der Waals surface area contributed by atoms with Crippen molar-refractivity contribution >= 4 is 49.6 Å². The molecular formula is C21H21Br2N3O4. The summed E-state index contributed by atoms with van der Waals surface area (Å²) in [5.41, 5.74) is 2.10. The van der Waals surface area contributed by atoms with E-state index in [9.17, 15) is 14.7 Å². The molecule has 9 heteroatoms. The van der Waals surface area contributed by atoms with Crippen molar-refractivity contribution in [1.82, 2.24) is 14.7 Å². The van der Waals surface area contributed by atoms with Gasteiger partial charge >= 0.3 is 12.1 Å². The number of aromatic nitrogens is 2. The van der Waals surface area contributed by atoms with E-state index in [1.165, 1.54) is 0 Å². The molecule has 3 aromatic rings. The SMILES string of the molecule is CC(C)(C)OC(=O)NC(Cc1c(-c2ccc(Br)cc2)nc2ccc(Br)cn12)C(=O)O. The Bertz CT molecular complexity index is 1090. The van der Waals surface area contributed by atoms with Crippen LogP contribution in [0.5, 0.6) is 0 Å². The monoisotopic (exact) mass is 537 g/mol. The molecule has 1 unspecified atom stereocenters. The van der Waals surface area contributed by atoms with Crippen LogP contribution < -0.4 is 5.32 Å². The van der Waals surface area contributed by atoms with E-state index in [0.29, 0.717) is 17.0 Å². The quantitative estimate of drug-likeness (QED) is 0.474. The maximum absolute atomic E-state index is 12.2. The first-order valence-corrected chi connectivity index (χ1v) is 10.8. The highest BCUT2D eigenvalue weighted by molar-refractivity contribution is 9.10. The molecule has 0 bridgehead atoms. The summed E-state index contributed by atoms with van der Waals surface area (Å²) in [5, 5.41) is 12.2. The topological polar surface area (TPSA) is 92.9 Å². The standard InChI is InChI=1S/C21H21Br2N3O4/c1-21(2,3)30-20(29)24-15(19(27)28)10-16-18(12-4-6-13(22)7-5-12)25-17-9-8-14(23)11-26(16)17/h4-9,11,15H,10H2,1-3H3,(H,24,29)(H,27,28). The molecule has 0 spiro atoms. The van der Waals surface area contributed by atoms with Gasteiger partial charge in [-0.25, -0.2) is 14.6 Å². The van der Waals surface area contributed by atoms with E-state index in [1.807, 2.05) is 47.0 Å². The molecule has 0 aliphatic rings. The number of amides is 1. The summed E-state index contributed by atoms with van der Waals surface area (Å²) in [7, 11) is 0. The number of carboxylic acids is 1. The lowest BCUT2D eigenvalue weighted by Gasteiger charge is -2.22. The molecule has 3 rings (SSSR count). The first kappa shape index (κ1) is 22.3. The zero-order valence-corrected chi connectivity index (χ0v) is 19.8. The van der Waals surface area contributed by atoms with Crippen LogP contribution in [0.3, 0.4) is 0 Å². The van der Waals surface area contributed by atoms with Crippen molar-refractivity contribution in [3.8, 4) is 11.3 Å². The number of carbonyl (C=O) groups is 2. The molecule has 2 heterocycles. The normalized spacial score (nSPS) is 12.6. The van der Waals surface area contributed by atoms with E-state index in [-0.39, 0.29) is 6.42 Å². The number of pyridine rings is 1. The number of aliphatic carboxylic acids is 1. The molecule has 2 aromatic heterocycles. The van der Waals surface area contributed by atoms with Crippen LogP contribution in [0.25, 0.3) is 16.9 Å². The lowest BCUT2D eigenvalue weighted by molar-refractivity contribution is -0.139. The largest absolute Gasteiger partial charge is 0.480 e. The number of benzene rings is 1. The highest BCUT2D eigenvalue weighted by Gasteiger charge is 2.27. The highest BCUT2D eigenvalue weighted by atomic mass is 79.9. The molecule has 1 aromatic carbocycles. The van der Waals surface area contributed by atoms with Crippen molar-refractivity contribution in [2.75, 3.05) is 0 Å². The summed E-state index contributed by atoms with van der Waals surface area (Å²) in [4.78, 5) is 28.8. The maximum atomic E-state index is 12.2. The van der Waals surface area contributed by atoms with Gasteiger partial charge in [0.25, 0.3) is 0 Å². The second-order valence-corrected chi connectivity index (χ2v) is 9.56. The number of carboxylic acid groups (broad SMARTS) is 1. The number of imidazole rings is 1. The molecule has 7 nitrogen and oxygen atoms in total. The van der Waals surface area contributed by atoms with Crippen LogP contribution in [-0.4, -0.2) is 38.2 Å². The Morgan fingerprint density at radius 2 is 1.77 bits per heavy atom. The number of fused-ring (bicyclic) bond motifs is 1. The fraction of sp³-hybridized carbons (Fsp3) is 0.286. The van der Waals surface area contributed by atoms with E-state index < -0.39 is 23.7 Å². The number of hydrogen-bond acceptors (Lipinski definition) is 4. The van der Waals surface area contributed by atoms with Gasteiger partial charge in [0.1, 0.15) is 17.3 Å². The number of nitrogens with one attached hydrogen (secondary N) is 1. The number of rotatable bonds is 5. The minimum Gasteiger partial charge on any atom is -0.480 e. The first-order valence-electron chi connectivity index (χ1n) is 9.18. The summed E-state index contributed by atoms with van der Waals surface area (Å²) in [5.74, 6) is -1.16. The lowest BCUT2D eigenvalue weighted by Crippen LogP contribution is -2.44. The molecule has 0 radical (unpaired) electrons. The minimum absolute atomic E-state index is 0.0254. The van der Waals surface area contributed by atoms with Gasteiger partial charge < -0.3 is 19.6 Å². The summed E-state index contributed by atoms with van der Waals surface area (Å²) >= 11 is 6.87. The van der Waals surface area contributed by atoms with Crippen LogP contribution >= 0.6 is 31.9 Å². The molecule has 0 aliphatic carbocycles. The van der Waals surface area contributed by atoms with Gasteiger partial charge in [-0.1, -0.05) is 28.1 Å². The molecule has 0 aliphatic heterocycles. The predicted molar refractivity (Wildman–Crippen MR) is 121 cm³/mol. The van der Waals surface area contributed by atoms with Gasteiger partial charge in [-0.3, -0.25) is 0 Å². The number of halogens is 2. The van der Waals surface area contributed by atoms with Gasteiger partial charge in [-0.2, -0.15) is 0 Å². The molecule has 0 fully saturated rings. The Labute approximate surface area is 190 Å². The van der Waals surface area contributed by atoms with Gasteiger partial charge in [0, 0.05) is 27.1 Å². The molecular weight excluding hydrogens is 518 g/mol. The second-order valence-electron chi connectivity index (χ2n) is 7.73. The van der Waals surface area contributed by atoms with Crippen LogP contribution in [0.1, 0.15) is 26.5 Å². The zero-order valence-electron chi connectivity index (χ0n) is 16.6. The minimum atomic E-state index is -1.19. The van der Waals surface area contributed by atoms with Crippen molar-refractivity contribution in [2.45, 2.75) is 38.8 Å². The van der Waals surface area contributed by atoms with Crippen molar-refractivity contribution in [3.63, 3.8) is 0 Å². The summed E-state index contributed by atoms with van der Waals surface area (Å²) in [6.45, 7) is 5.15. The van der Waals surface area contributed by atoms with E-state index in [1.54, 1.807) is 20.8 Å². The van der Waals surface area contributed by atoms with Crippen molar-refractivity contribution in [1.29, 1.82) is 0 Å². The van der Waals surface area contributed by atoms with Crippen LogP contribution in [0.4, 0.5) is 4.79 Å². The maximum Gasteiger partial charge on any atom is 0.408 e. The van der Waals surface area contributed by atoms with E-state index >= 15 is 0 Å². The van der Waals surface area contributed by atoms with E-state index in [4.69, 9.17) is 9.72 Å². The van der Waals surface area contributed by atoms with E-state index in [2.05, 4.69) is 37.2 Å². The molecule has 0 saturated carbocycles. The fourth-order valence-electron chi connectivity index (χ4n) is 2.94. The fourth-order valence-corrected chi connectivity index (χ4v) is 3.55. The third-order valence-electron chi connectivity index (χ3n) is 4.19. The van der Waals surface area contributed by atoms with Crippen LogP contribution in [0.15, 0.2) is 51.5 Å². The number of alkyl carbamates (subject to hydrolysis) is 1. The lowest BCUT2D eigenvalue weighted by atomic mass is 10.1. The van der Waals surface area contributed by atoms with Crippen molar-refractivity contribution < 1.29 is 19.4 Å². The Balaban J connectivity index is 2.02. The summed E-state index contributed by atoms with van der Waals surface area (Å²) < 4.78 is 8.80. The molecule has 0 saturated heterocycles. The first-order chi connectivity index (χ1) is 14.0. The zero-order chi connectivity index (χ0) is 22.1. The Morgan fingerprint density at radius 3 is 2.37 bits per heavy atom. The van der Waals surface area contributed by atoms with Crippen LogP contribution in [0.2, 0.25) is 0 Å². The van der Waals surface area contributed by atoms with Crippen LogP contribution in [0, 0.1) is 0 Å². The van der Waals surface area contributed by atoms with Gasteiger partial charge in [0.05, 0.1) is 11.4 Å². The molecule has 158 valence electrons. The second kappa shape index (κ2) is 8.77. The molecule has 1 atom stereocenters. The van der Waals surface area contributed by atoms with E-state index in [0.717, 1.165) is 14.5 Å². The van der Waals surface area contributed by atoms with Gasteiger partial charge in [0.2, 0.25) is 0 Å². The third-order valence-corrected chi connectivity index (χ3v) is 5.18. The smallest absolute Gasteiger partial charge is 0.408 e. The Kier molecular flexibility index (Phi) is 6.52. The average molecular weight is 539 g/mol. The highest BCUT2D eigenvalue weighted by Crippen LogP contribution is 2.28.